The molecule has 0 bridgehead atoms. The van der Waals surface area contributed by atoms with Gasteiger partial charge in [0.05, 0.1) is 23.1 Å². The van der Waals surface area contributed by atoms with E-state index >= 15 is 0 Å². The Morgan fingerprint density at radius 2 is 1.84 bits per heavy atom. The van der Waals surface area contributed by atoms with Gasteiger partial charge in [-0.05, 0) is 61.8 Å². The van der Waals surface area contributed by atoms with Gasteiger partial charge in [-0.2, -0.15) is 0 Å². The van der Waals surface area contributed by atoms with Crippen LogP contribution < -0.4 is 10.2 Å². The number of anilines is 1. The quantitative estimate of drug-likeness (QED) is 0.219. The summed E-state index contributed by atoms with van der Waals surface area (Å²) in [4.78, 5) is 25.7. The lowest BCUT2D eigenvalue weighted by atomic mass is 9.94. The molecule has 2 aromatic carbocycles. The lowest BCUT2D eigenvalue weighted by Gasteiger charge is -2.37. The molecule has 3 rings (SSSR count). The first kappa shape index (κ1) is 23.4. The predicted octanol–water partition coefficient (Wildman–Crippen LogP) is 4.11. The summed E-state index contributed by atoms with van der Waals surface area (Å²) >= 11 is 5.65. The second kappa shape index (κ2) is 9.88. The number of ether oxygens (including phenoxy) is 2. The maximum absolute atomic E-state index is 13.1. The van der Waals surface area contributed by atoms with Crippen LogP contribution in [0.25, 0.3) is 0 Å². The van der Waals surface area contributed by atoms with E-state index in [4.69, 9.17) is 21.7 Å². The number of methoxy groups -OCH3 is 1. The van der Waals surface area contributed by atoms with E-state index in [1.54, 1.807) is 24.0 Å². The number of nitrogens with zero attached hydrogens (tertiary/aromatic N) is 2. The minimum Gasteiger partial charge on any atom is -0.460 e. The van der Waals surface area contributed by atoms with Crippen molar-refractivity contribution in [1.29, 1.82) is 0 Å². The molecule has 0 aliphatic carbocycles. The molecule has 0 fully saturated rings. The number of esters is 1. The van der Waals surface area contributed by atoms with Crippen LogP contribution in [0.1, 0.15) is 29.7 Å². The van der Waals surface area contributed by atoms with Crippen LogP contribution in [0, 0.1) is 24.0 Å². The lowest BCUT2D eigenvalue weighted by Crippen LogP contribution is -2.48. The highest BCUT2D eigenvalue weighted by Crippen LogP contribution is 2.35. The number of aryl methyl sites for hydroxylation is 2. The minimum absolute atomic E-state index is 0.0725. The summed E-state index contributed by atoms with van der Waals surface area (Å²) in [7, 11) is 1.52. The van der Waals surface area contributed by atoms with Crippen molar-refractivity contribution in [2.75, 3.05) is 25.2 Å². The van der Waals surface area contributed by atoms with Crippen molar-refractivity contribution in [3.05, 3.63) is 80.5 Å². The summed E-state index contributed by atoms with van der Waals surface area (Å²) in [5.41, 5.74) is 4.32. The van der Waals surface area contributed by atoms with Crippen molar-refractivity contribution >= 4 is 34.7 Å². The van der Waals surface area contributed by atoms with E-state index in [0.29, 0.717) is 21.9 Å². The molecule has 1 N–H and O–H groups in total. The normalized spacial score (nSPS) is 16.1. The van der Waals surface area contributed by atoms with E-state index in [9.17, 15) is 14.9 Å². The third kappa shape index (κ3) is 4.95. The monoisotopic (exact) mass is 455 g/mol. The molecule has 8 nitrogen and oxygen atoms in total. The number of nitrogens with one attached hydrogen (secondary N) is 1. The van der Waals surface area contributed by atoms with Crippen molar-refractivity contribution in [2.24, 2.45) is 0 Å². The molecule has 0 saturated heterocycles. The Labute approximate surface area is 192 Å². The second-order valence-electron chi connectivity index (χ2n) is 7.54. The summed E-state index contributed by atoms with van der Waals surface area (Å²) in [6, 6.07) is 11.4. The first-order valence-electron chi connectivity index (χ1n) is 10.0. The Morgan fingerprint density at radius 3 is 2.47 bits per heavy atom. The third-order valence-electron chi connectivity index (χ3n) is 5.10. The van der Waals surface area contributed by atoms with Crippen molar-refractivity contribution < 1.29 is 19.2 Å². The number of allylic oxidation sites excluding steroid dienone is 1. The molecule has 0 aromatic heterocycles. The molecule has 0 amide bonds. The fourth-order valence-corrected chi connectivity index (χ4v) is 4.12. The Bertz CT molecular complexity index is 1080. The molecule has 0 saturated carbocycles. The van der Waals surface area contributed by atoms with Crippen molar-refractivity contribution in [3.63, 3.8) is 0 Å². The maximum Gasteiger partial charge on any atom is 0.338 e. The van der Waals surface area contributed by atoms with Gasteiger partial charge in [0.25, 0.3) is 5.69 Å². The van der Waals surface area contributed by atoms with Crippen LogP contribution in [-0.2, 0) is 14.3 Å². The zero-order chi connectivity index (χ0) is 23.4. The number of hydrogen-bond acceptors (Lipinski definition) is 6. The Morgan fingerprint density at radius 1 is 1.16 bits per heavy atom. The van der Waals surface area contributed by atoms with Crippen molar-refractivity contribution in [3.8, 4) is 0 Å². The fourth-order valence-electron chi connectivity index (χ4n) is 3.76. The van der Waals surface area contributed by atoms with Crippen LogP contribution in [-0.4, -0.2) is 36.3 Å². The summed E-state index contributed by atoms with van der Waals surface area (Å²) in [6.07, 6.45) is 0. The molecule has 32 heavy (non-hydrogen) atoms. The lowest BCUT2D eigenvalue weighted by molar-refractivity contribution is -0.384. The predicted molar refractivity (Wildman–Crippen MR) is 126 cm³/mol. The van der Waals surface area contributed by atoms with E-state index in [0.717, 1.165) is 16.8 Å². The van der Waals surface area contributed by atoms with E-state index < -0.39 is 16.9 Å². The van der Waals surface area contributed by atoms with Gasteiger partial charge in [-0.1, -0.05) is 18.2 Å². The molecule has 168 valence electrons. The summed E-state index contributed by atoms with van der Waals surface area (Å²) in [6.45, 7) is 6.11. The van der Waals surface area contributed by atoms with Crippen LogP contribution in [0.4, 0.5) is 11.4 Å². The summed E-state index contributed by atoms with van der Waals surface area (Å²) in [5.74, 6) is -0.541. The zero-order valence-corrected chi connectivity index (χ0v) is 19.2. The number of thiocarbonyl (C=S) groups is 1. The highest BCUT2D eigenvalue weighted by atomic mass is 32.1. The standard InChI is InChI=1S/C23H25N3O5S/c1-14-10-15(2)12-19(11-14)25-16(3)20(22(27)31-9-8-30-4)21(24-23(25)32)17-6-5-7-18(13-17)26(28)29/h5-7,10-13,21H,8-9H2,1-4H3,(H,24,32). The van der Waals surface area contributed by atoms with Gasteiger partial charge in [0.2, 0.25) is 0 Å². The topological polar surface area (TPSA) is 93.9 Å². The number of benzene rings is 2. The average molecular weight is 456 g/mol. The minimum atomic E-state index is -0.695. The fraction of sp³-hybridized carbons (Fsp3) is 0.304. The molecule has 1 aliphatic rings. The smallest absolute Gasteiger partial charge is 0.338 e. The Hall–Kier alpha value is -3.30. The summed E-state index contributed by atoms with van der Waals surface area (Å²) < 4.78 is 10.4. The number of rotatable bonds is 7. The van der Waals surface area contributed by atoms with E-state index in [1.165, 1.54) is 19.2 Å². The van der Waals surface area contributed by atoms with Gasteiger partial charge in [-0.15, -0.1) is 0 Å². The van der Waals surface area contributed by atoms with E-state index in [2.05, 4.69) is 11.4 Å². The molecular formula is C23H25N3O5S. The molecule has 1 heterocycles. The first-order chi connectivity index (χ1) is 15.2. The number of carbonyl (C=O) groups is 1. The van der Waals surface area contributed by atoms with Crippen LogP contribution in [0.2, 0.25) is 0 Å². The highest BCUT2D eigenvalue weighted by Gasteiger charge is 2.36. The van der Waals surface area contributed by atoms with Gasteiger partial charge in [0, 0.05) is 30.6 Å². The maximum atomic E-state index is 13.1. The van der Waals surface area contributed by atoms with Crippen LogP contribution in [0.15, 0.2) is 53.7 Å². The van der Waals surface area contributed by atoms with Crippen molar-refractivity contribution in [2.45, 2.75) is 26.8 Å². The molecule has 2 aromatic rings. The summed E-state index contributed by atoms with van der Waals surface area (Å²) in [5, 5.41) is 14.9. The van der Waals surface area contributed by atoms with Crippen LogP contribution >= 0.6 is 12.2 Å². The number of non-ortho nitro benzene ring substituents is 1. The van der Waals surface area contributed by atoms with E-state index in [1.807, 2.05) is 26.0 Å². The van der Waals surface area contributed by atoms with Gasteiger partial charge >= 0.3 is 5.97 Å². The van der Waals surface area contributed by atoms with Crippen LogP contribution in [0.3, 0.4) is 0 Å². The molecule has 0 spiro atoms. The first-order valence-corrected chi connectivity index (χ1v) is 10.4. The van der Waals surface area contributed by atoms with E-state index in [-0.39, 0.29) is 18.9 Å². The van der Waals surface area contributed by atoms with Crippen molar-refractivity contribution in [1.82, 2.24) is 5.32 Å². The SMILES string of the molecule is COCCOC(=O)C1=C(C)N(c2cc(C)cc(C)c2)C(=S)NC1c1cccc([N+](=O)[O-])c1. The Kier molecular flexibility index (Phi) is 7.22. The molecule has 1 aliphatic heterocycles. The third-order valence-corrected chi connectivity index (χ3v) is 5.40. The molecule has 1 unspecified atom stereocenters. The van der Waals surface area contributed by atoms with Gasteiger partial charge in [-0.3, -0.25) is 15.0 Å². The Balaban J connectivity index is 2.12. The van der Waals surface area contributed by atoms with Gasteiger partial charge in [-0.25, -0.2) is 4.79 Å². The molecule has 1 atom stereocenters. The number of nitro benzene ring substituents is 1. The number of nitro groups is 1. The average Bonchev–Trinajstić information content (AvgIpc) is 2.72. The van der Waals surface area contributed by atoms with Crippen LogP contribution in [0.5, 0.6) is 0 Å². The van der Waals surface area contributed by atoms with Gasteiger partial charge in [0.1, 0.15) is 6.61 Å². The van der Waals surface area contributed by atoms with Gasteiger partial charge < -0.3 is 14.8 Å². The molecule has 9 heteroatoms. The zero-order valence-electron chi connectivity index (χ0n) is 18.4. The number of hydrogen-bond donors (Lipinski definition) is 1. The molecule has 0 radical (unpaired) electrons. The molecular weight excluding hydrogens is 430 g/mol. The number of carbonyl (C=O) groups excluding carboxylic acids is 1. The van der Waals surface area contributed by atoms with Gasteiger partial charge in [0.15, 0.2) is 5.11 Å². The largest absolute Gasteiger partial charge is 0.460 e. The highest BCUT2D eigenvalue weighted by molar-refractivity contribution is 7.80. The second-order valence-corrected chi connectivity index (χ2v) is 7.93.